The highest BCUT2D eigenvalue weighted by atomic mass is 16.5. The van der Waals surface area contributed by atoms with Crippen molar-refractivity contribution in [2.45, 2.75) is 45.4 Å². The van der Waals surface area contributed by atoms with Crippen LogP contribution in [0.4, 0.5) is 0 Å². The first-order chi connectivity index (χ1) is 12.9. The second-order valence-corrected chi connectivity index (χ2v) is 6.63. The first-order valence-corrected chi connectivity index (χ1v) is 8.47. The van der Waals surface area contributed by atoms with Crippen LogP contribution in [0.15, 0.2) is 15.5 Å². The molecule has 0 bridgehead atoms. The fraction of sp³-hybridized carbons (Fsp3) is 0.500. The smallest absolute Gasteiger partial charge is 0.257 e. The number of nitrogens with one attached hydrogen (secondary N) is 1. The minimum absolute atomic E-state index is 0.0534. The zero-order valence-electron chi connectivity index (χ0n) is 14.7. The van der Waals surface area contributed by atoms with Crippen molar-refractivity contribution in [3.05, 3.63) is 39.4 Å². The van der Waals surface area contributed by atoms with Crippen LogP contribution in [0.25, 0.3) is 0 Å². The Morgan fingerprint density at radius 1 is 1.48 bits per heavy atom. The molecule has 2 aliphatic rings. The molecule has 11 heteroatoms. The standard InChI is InChI=1S/C16H19N5O6/c1-7-6-26-11-5-20-4-9(13(22)14(23)12(20)16(25)21(7)11)15(24)17-3-10-18-8(2)19-27-10/h4,7,11,16,23,25H,3,5-6H2,1-2H3,(H,17,24)/t7-,11+,16?/m0/s1. The highest BCUT2D eigenvalue weighted by Gasteiger charge is 2.43. The molecule has 1 unspecified atom stereocenters. The number of aryl methyl sites for hydroxylation is 1. The number of amides is 1. The van der Waals surface area contributed by atoms with Crippen molar-refractivity contribution < 1.29 is 24.3 Å². The van der Waals surface area contributed by atoms with E-state index in [0.29, 0.717) is 12.4 Å². The highest BCUT2D eigenvalue weighted by Crippen LogP contribution is 2.36. The monoisotopic (exact) mass is 377 g/mol. The number of aliphatic hydroxyl groups excluding tert-OH is 1. The molecular weight excluding hydrogens is 358 g/mol. The minimum Gasteiger partial charge on any atom is -0.503 e. The summed E-state index contributed by atoms with van der Waals surface area (Å²) in [6.45, 7) is 4.17. The van der Waals surface area contributed by atoms with Gasteiger partial charge in [-0.15, -0.1) is 0 Å². The number of carbonyl (C=O) groups is 1. The van der Waals surface area contributed by atoms with Crippen LogP contribution >= 0.6 is 0 Å². The number of pyridine rings is 1. The van der Waals surface area contributed by atoms with Crippen LogP contribution in [0.2, 0.25) is 0 Å². The molecule has 0 radical (unpaired) electrons. The van der Waals surface area contributed by atoms with E-state index in [0.717, 1.165) is 0 Å². The molecule has 2 aromatic heterocycles. The van der Waals surface area contributed by atoms with Crippen molar-refractivity contribution in [2.75, 3.05) is 6.61 Å². The van der Waals surface area contributed by atoms with E-state index in [4.69, 9.17) is 9.26 Å². The molecule has 4 rings (SSSR count). The van der Waals surface area contributed by atoms with Gasteiger partial charge < -0.3 is 29.4 Å². The lowest BCUT2D eigenvalue weighted by Crippen LogP contribution is -2.47. The van der Waals surface area contributed by atoms with Gasteiger partial charge in [-0.3, -0.25) is 9.59 Å². The van der Waals surface area contributed by atoms with Gasteiger partial charge in [-0.2, -0.15) is 4.98 Å². The van der Waals surface area contributed by atoms with Gasteiger partial charge >= 0.3 is 0 Å². The van der Waals surface area contributed by atoms with E-state index in [1.165, 1.54) is 10.8 Å². The Bertz CT molecular complexity index is 953. The normalized spacial score (nSPS) is 24.5. The number of hydrogen-bond acceptors (Lipinski definition) is 9. The summed E-state index contributed by atoms with van der Waals surface area (Å²) in [6.07, 6.45) is -0.285. The summed E-state index contributed by atoms with van der Waals surface area (Å²) >= 11 is 0. The molecule has 2 aromatic rings. The maximum atomic E-state index is 12.5. The van der Waals surface area contributed by atoms with Gasteiger partial charge in [0.05, 0.1) is 19.7 Å². The van der Waals surface area contributed by atoms with Crippen molar-refractivity contribution in [2.24, 2.45) is 0 Å². The zero-order chi connectivity index (χ0) is 19.3. The summed E-state index contributed by atoms with van der Waals surface area (Å²) in [6, 6.07) is -0.0610. The van der Waals surface area contributed by atoms with Gasteiger partial charge in [0.1, 0.15) is 17.5 Å². The van der Waals surface area contributed by atoms with Crippen molar-refractivity contribution in [3.63, 3.8) is 0 Å². The number of hydrogen-bond donors (Lipinski definition) is 3. The van der Waals surface area contributed by atoms with Gasteiger partial charge in [-0.25, -0.2) is 4.90 Å². The van der Waals surface area contributed by atoms with Crippen LogP contribution in [0.5, 0.6) is 5.75 Å². The molecule has 144 valence electrons. The average molecular weight is 377 g/mol. The molecule has 0 aliphatic carbocycles. The van der Waals surface area contributed by atoms with Crippen LogP contribution in [-0.2, 0) is 17.8 Å². The lowest BCUT2D eigenvalue weighted by Gasteiger charge is -2.38. The summed E-state index contributed by atoms with van der Waals surface area (Å²) in [5, 5.41) is 27.1. The quantitative estimate of drug-likeness (QED) is 0.628. The molecule has 3 atom stereocenters. The summed E-state index contributed by atoms with van der Waals surface area (Å²) in [5.74, 6) is -0.724. The van der Waals surface area contributed by atoms with E-state index in [1.54, 1.807) is 11.8 Å². The van der Waals surface area contributed by atoms with Gasteiger partial charge in [-0.05, 0) is 13.8 Å². The maximum Gasteiger partial charge on any atom is 0.257 e. The molecule has 2 aliphatic heterocycles. The largest absolute Gasteiger partial charge is 0.503 e. The Balaban J connectivity index is 1.63. The summed E-state index contributed by atoms with van der Waals surface area (Å²) in [4.78, 5) is 30.5. The second-order valence-electron chi connectivity index (χ2n) is 6.63. The average Bonchev–Trinajstić information content (AvgIpc) is 3.21. The molecule has 1 fully saturated rings. The van der Waals surface area contributed by atoms with Gasteiger partial charge in [0.25, 0.3) is 5.91 Å². The molecule has 0 spiro atoms. The number of fused-ring (bicyclic) bond motifs is 2. The fourth-order valence-corrected chi connectivity index (χ4v) is 3.47. The van der Waals surface area contributed by atoms with Gasteiger partial charge in [0.2, 0.25) is 11.3 Å². The third-order valence-electron chi connectivity index (χ3n) is 4.76. The first kappa shape index (κ1) is 17.6. The van der Waals surface area contributed by atoms with Crippen LogP contribution in [0.1, 0.15) is 40.9 Å². The van der Waals surface area contributed by atoms with Gasteiger partial charge in [0.15, 0.2) is 17.8 Å². The van der Waals surface area contributed by atoms with E-state index in [2.05, 4.69) is 15.5 Å². The van der Waals surface area contributed by atoms with Crippen molar-refractivity contribution in [3.8, 4) is 5.75 Å². The number of ether oxygens (including phenoxy) is 1. The minimum atomic E-state index is -1.20. The number of carbonyl (C=O) groups excluding carboxylic acids is 1. The van der Waals surface area contributed by atoms with Crippen LogP contribution < -0.4 is 10.7 Å². The SMILES string of the molecule is Cc1noc(CNC(=O)c2cn3c(c(O)c2=O)C(O)N2[C@@H](C)CO[C@@H]2C3)n1. The van der Waals surface area contributed by atoms with E-state index < -0.39 is 29.5 Å². The Morgan fingerprint density at radius 3 is 2.96 bits per heavy atom. The number of aliphatic hydroxyl groups is 1. The molecule has 3 N–H and O–H groups in total. The lowest BCUT2D eigenvalue weighted by atomic mass is 10.1. The molecule has 1 saturated heterocycles. The summed E-state index contributed by atoms with van der Waals surface area (Å²) in [7, 11) is 0. The molecule has 0 aromatic carbocycles. The topological polar surface area (TPSA) is 143 Å². The predicted molar refractivity (Wildman–Crippen MR) is 88.6 cm³/mol. The third-order valence-corrected chi connectivity index (χ3v) is 4.76. The van der Waals surface area contributed by atoms with Gasteiger partial charge in [-0.1, -0.05) is 5.16 Å². The van der Waals surface area contributed by atoms with E-state index in [1.807, 2.05) is 6.92 Å². The second kappa shape index (κ2) is 6.44. The maximum absolute atomic E-state index is 12.5. The van der Waals surface area contributed by atoms with Gasteiger partial charge in [0, 0.05) is 12.2 Å². The summed E-state index contributed by atoms with van der Waals surface area (Å²) in [5.41, 5.74) is -1.05. The Kier molecular flexibility index (Phi) is 4.21. The van der Waals surface area contributed by atoms with Crippen molar-refractivity contribution >= 4 is 5.91 Å². The summed E-state index contributed by atoms with van der Waals surface area (Å²) < 4.78 is 12.0. The van der Waals surface area contributed by atoms with Crippen LogP contribution in [0, 0.1) is 6.92 Å². The lowest BCUT2D eigenvalue weighted by molar-refractivity contribution is -0.105. The number of aromatic nitrogens is 3. The van der Waals surface area contributed by atoms with Crippen molar-refractivity contribution in [1.29, 1.82) is 0 Å². The van der Waals surface area contributed by atoms with Crippen LogP contribution in [-0.4, -0.2) is 54.6 Å². The van der Waals surface area contributed by atoms with E-state index in [-0.39, 0.29) is 36.3 Å². The number of aromatic hydroxyl groups is 1. The van der Waals surface area contributed by atoms with Crippen LogP contribution in [0.3, 0.4) is 0 Å². The van der Waals surface area contributed by atoms with E-state index >= 15 is 0 Å². The Morgan fingerprint density at radius 2 is 2.26 bits per heavy atom. The Labute approximate surface area is 153 Å². The number of nitrogens with zero attached hydrogens (tertiary/aromatic N) is 4. The third kappa shape index (κ3) is 2.89. The van der Waals surface area contributed by atoms with Crippen molar-refractivity contribution in [1.82, 2.24) is 24.9 Å². The van der Waals surface area contributed by atoms with E-state index in [9.17, 15) is 19.8 Å². The predicted octanol–water partition coefficient (Wildman–Crippen LogP) is -0.773. The fourth-order valence-electron chi connectivity index (χ4n) is 3.47. The molecule has 11 nitrogen and oxygen atoms in total. The molecular formula is C16H19N5O6. The number of rotatable bonds is 3. The molecule has 1 amide bonds. The Hall–Kier alpha value is -2.76. The molecule has 0 saturated carbocycles. The zero-order valence-corrected chi connectivity index (χ0v) is 14.7. The first-order valence-electron chi connectivity index (χ1n) is 8.47. The molecule has 27 heavy (non-hydrogen) atoms. The molecule has 4 heterocycles. The highest BCUT2D eigenvalue weighted by molar-refractivity contribution is 5.94.